The fourth-order valence-electron chi connectivity index (χ4n) is 4.66. The van der Waals surface area contributed by atoms with Crippen molar-refractivity contribution in [1.82, 2.24) is 19.9 Å². The highest BCUT2D eigenvalue weighted by molar-refractivity contribution is 7.16. The number of thiophene rings is 2. The first-order valence-corrected chi connectivity index (χ1v) is 13.6. The first kappa shape index (κ1) is 23.2. The molecule has 0 saturated carbocycles. The first-order chi connectivity index (χ1) is 16.6. The molecule has 4 heterocycles. The van der Waals surface area contributed by atoms with E-state index in [-0.39, 0.29) is 11.9 Å². The van der Waals surface area contributed by atoms with Crippen LogP contribution in [0.3, 0.4) is 0 Å². The Bertz CT molecular complexity index is 1170. The molecule has 5 rings (SSSR count). The van der Waals surface area contributed by atoms with Gasteiger partial charge in [-0.1, -0.05) is 11.6 Å². The molecule has 10 heteroatoms. The second-order valence-electron chi connectivity index (χ2n) is 8.88. The number of nitrogens with one attached hydrogen (secondary N) is 1. The van der Waals surface area contributed by atoms with Gasteiger partial charge in [-0.25, -0.2) is 0 Å². The molecule has 1 aliphatic heterocycles. The van der Waals surface area contributed by atoms with Crippen LogP contribution in [0.4, 0.5) is 5.00 Å². The van der Waals surface area contributed by atoms with Crippen molar-refractivity contribution < 1.29 is 9.32 Å². The summed E-state index contributed by atoms with van der Waals surface area (Å²) < 4.78 is 5.43. The zero-order valence-corrected chi connectivity index (χ0v) is 20.9. The van der Waals surface area contributed by atoms with Gasteiger partial charge in [-0.2, -0.15) is 21.6 Å². The van der Waals surface area contributed by atoms with Crippen molar-refractivity contribution in [3.05, 3.63) is 38.7 Å². The maximum atomic E-state index is 13.0. The molecule has 178 valence electrons. The molecule has 8 nitrogen and oxygen atoms in total. The number of nitriles is 1. The van der Waals surface area contributed by atoms with Crippen LogP contribution < -0.4 is 5.32 Å². The van der Waals surface area contributed by atoms with Crippen molar-refractivity contribution in [2.45, 2.75) is 51.6 Å². The van der Waals surface area contributed by atoms with Gasteiger partial charge < -0.3 is 9.84 Å². The molecule has 0 unspecified atom stereocenters. The molecule has 0 radical (unpaired) electrons. The number of rotatable bonds is 6. The molecule has 1 aliphatic carbocycles. The third-order valence-electron chi connectivity index (χ3n) is 6.71. The predicted molar refractivity (Wildman–Crippen MR) is 133 cm³/mol. The van der Waals surface area contributed by atoms with E-state index in [1.165, 1.54) is 11.3 Å². The Morgan fingerprint density at radius 3 is 2.85 bits per heavy atom. The molecule has 2 aliphatic rings. The summed E-state index contributed by atoms with van der Waals surface area (Å²) in [5.74, 6) is 1.20. The van der Waals surface area contributed by atoms with Crippen molar-refractivity contribution in [2.75, 3.05) is 31.5 Å². The van der Waals surface area contributed by atoms with Gasteiger partial charge >= 0.3 is 0 Å². The number of aromatic nitrogens is 2. The van der Waals surface area contributed by atoms with E-state index >= 15 is 0 Å². The summed E-state index contributed by atoms with van der Waals surface area (Å²) in [5, 5.41) is 21.6. The standard InChI is InChI=1S/C24H28N6O2S2/c1-16(23(31)27-24-19(13-25)18-5-3-2-4-6-20(18)34-24)30-10-8-29(9-11-30)14-21-26-22(28-32-21)17-7-12-33-15-17/h7,12,15-16H,2-6,8-11,14H2,1H3,(H,27,31)/t16-/m1/s1. The number of anilines is 1. The molecular formula is C24H28N6O2S2. The van der Waals surface area contributed by atoms with Crippen LogP contribution >= 0.6 is 22.7 Å². The van der Waals surface area contributed by atoms with Crippen LogP contribution in [0.1, 0.15) is 48.1 Å². The predicted octanol–water partition coefficient (Wildman–Crippen LogP) is 4.14. The number of aryl methyl sites for hydroxylation is 1. The number of piperazine rings is 1. The monoisotopic (exact) mass is 496 g/mol. The third kappa shape index (κ3) is 4.93. The first-order valence-electron chi connectivity index (χ1n) is 11.8. The molecule has 1 N–H and O–H groups in total. The number of fused-ring (bicyclic) bond motifs is 1. The Kier molecular flexibility index (Phi) is 7.06. The van der Waals surface area contributed by atoms with Gasteiger partial charge in [0, 0.05) is 42.0 Å². The SMILES string of the molecule is C[C@H](C(=O)Nc1sc2c(c1C#N)CCCCC2)N1CCN(Cc2nc(-c3ccsc3)no2)CC1. The molecule has 1 saturated heterocycles. The lowest BCUT2D eigenvalue weighted by Gasteiger charge is -2.36. The van der Waals surface area contributed by atoms with Gasteiger partial charge in [0.2, 0.25) is 17.6 Å². The zero-order chi connectivity index (χ0) is 23.5. The van der Waals surface area contributed by atoms with Crippen LogP contribution in [0.25, 0.3) is 11.4 Å². The van der Waals surface area contributed by atoms with E-state index in [0.29, 0.717) is 23.8 Å². The van der Waals surface area contributed by atoms with E-state index in [0.717, 1.165) is 68.0 Å². The van der Waals surface area contributed by atoms with E-state index in [9.17, 15) is 10.1 Å². The number of hydrogen-bond acceptors (Lipinski definition) is 9. The molecule has 0 aromatic carbocycles. The number of amides is 1. The van der Waals surface area contributed by atoms with Crippen LogP contribution in [0.5, 0.6) is 0 Å². The highest BCUT2D eigenvalue weighted by Gasteiger charge is 2.28. The van der Waals surface area contributed by atoms with Gasteiger partial charge in [0.05, 0.1) is 18.2 Å². The van der Waals surface area contributed by atoms with Gasteiger partial charge in [-0.15, -0.1) is 11.3 Å². The second kappa shape index (κ2) is 10.4. The molecule has 3 aromatic rings. The van der Waals surface area contributed by atoms with E-state index in [4.69, 9.17) is 4.52 Å². The normalized spacial score (nSPS) is 18.1. The third-order valence-corrected chi connectivity index (χ3v) is 8.60. The van der Waals surface area contributed by atoms with E-state index in [2.05, 4.69) is 31.3 Å². The van der Waals surface area contributed by atoms with Crippen molar-refractivity contribution in [2.24, 2.45) is 0 Å². The summed E-state index contributed by atoms with van der Waals surface area (Å²) in [4.78, 5) is 23.3. The van der Waals surface area contributed by atoms with Crippen LogP contribution in [-0.4, -0.2) is 58.1 Å². The maximum absolute atomic E-state index is 13.0. The number of carbonyl (C=O) groups is 1. The van der Waals surface area contributed by atoms with E-state index in [1.54, 1.807) is 22.7 Å². The van der Waals surface area contributed by atoms with Gasteiger partial charge in [-0.05, 0) is 49.6 Å². The van der Waals surface area contributed by atoms with Crippen LogP contribution in [0, 0.1) is 11.3 Å². The minimum atomic E-state index is -0.260. The Balaban J connectivity index is 1.15. The average Bonchev–Trinajstić information content (AvgIpc) is 3.57. The molecule has 1 fully saturated rings. The Morgan fingerprint density at radius 2 is 2.09 bits per heavy atom. The van der Waals surface area contributed by atoms with Crippen molar-refractivity contribution in [1.29, 1.82) is 5.26 Å². The summed E-state index contributed by atoms with van der Waals surface area (Å²) in [5.41, 5.74) is 2.81. The van der Waals surface area contributed by atoms with Crippen molar-refractivity contribution >= 4 is 33.6 Å². The molecule has 3 aromatic heterocycles. The maximum Gasteiger partial charge on any atom is 0.242 e. The molecule has 0 bridgehead atoms. The average molecular weight is 497 g/mol. The lowest BCUT2D eigenvalue weighted by Crippen LogP contribution is -2.52. The quantitative estimate of drug-likeness (QED) is 0.512. The Morgan fingerprint density at radius 1 is 1.26 bits per heavy atom. The van der Waals surface area contributed by atoms with Gasteiger partial charge in [0.1, 0.15) is 11.1 Å². The topological polar surface area (TPSA) is 98.3 Å². The molecule has 1 atom stereocenters. The summed E-state index contributed by atoms with van der Waals surface area (Å²) in [6.07, 6.45) is 5.43. The summed E-state index contributed by atoms with van der Waals surface area (Å²) >= 11 is 3.20. The summed E-state index contributed by atoms with van der Waals surface area (Å²) in [6, 6.07) is 4.07. The smallest absolute Gasteiger partial charge is 0.242 e. The number of nitrogens with zero attached hydrogens (tertiary/aromatic N) is 5. The Labute approximate surface area is 207 Å². The summed E-state index contributed by atoms with van der Waals surface area (Å²) in [6.45, 7) is 5.77. The van der Waals surface area contributed by atoms with E-state index in [1.807, 2.05) is 23.8 Å². The van der Waals surface area contributed by atoms with Crippen LogP contribution in [0.15, 0.2) is 21.3 Å². The molecular weight excluding hydrogens is 468 g/mol. The number of hydrogen-bond donors (Lipinski definition) is 1. The zero-order valence-electron chi connectivity index (χ0n) is 19.2. The van der Waals surface area contributed by atoms with Gasteiger partial charge in [0.15, 0.2) is 0 Å². The lowest BCUT2D eigenvalue weighted by atomic mass is 10.1. The Hall–Kier alpha value is -2.58. The largest absolute Gasteiger partial charge is 0.338 e. The number of carbonyl (C=O) groups excluding carboxylic acids is 1. The molecule has 0 spiro atoms. The highest BCUT2D eigenvalue weighted by atomic mass is 32.1. The summed E-state index contributed by atoms with van der Waals surface area (Å²) in [7, 11) is 0. The molecule has 34 heavy (non-hydrogen) atoms. The van der Waals surface area contributed by atoms with Crippen LogP contribution in [0.2, 0.25) is 0 Å². The van der Waals surface area contributed by atoms with Crippen molar-refractivity contribution in [3.63, 3.8) is 0 Å². The van der Waals surface area contributed by atoms with Gasteiger partial charge in [0.25, 0.3) is 0 Å². The highest BCUT2D eigenvalue weighted by Crippen LogP contribution is 2.37. The second-order valence-corrected chi connectivity index (χ2v) is 10.8. The minimum absolute atomic E-state index is 0.0429. The fourth-order valence-corrected chi connectivity index (χ4v) is 6.54. The van der Waals surface area contributed by atoms with E-state index < -0.39 is 0 Å². The van der Waals surface area contributed by atoms with Gasteiger partial charge in [-0.3, -0.25) is 14.6 Å². The molecule has 1 amide bonds. The fraction of sp³-hybridized carbons (Fsp3) is 0.500. The minimum Gasteiger partial charge on any atom is -0.338 e. The van der Waals surface area contributed by atoms with Crippen molar-refractivity contribution in [3.8, 4) is 17.5 Å². The van der Waals surface area contributed by atoms with Crippen LogP contribution in [-0.2, 0) is 24.2 Å². The lowest BCUT2D eigenvalue weighted by molar-refractivity contribution is -0.121.